The van der Waals surface area contributed by atoms with Gasteiger partial charge in [-0.2, -0.15) is 11.8 Å². The maximum absolute atomic E-state index is 9.15. The number of thioether (sulfide) groups is 1. The summed E-state index contributed by atoms with van der Waals surface area (Å²) < 4.78 is 0. The molecule has 4 unspecified atom stereocenters. The molecule has 0 saturated heterocycles. The number of aliphatic hydroxyl groups is 2. The second-order valence-electron chi connectivity index (χ2n) is 3.93. The Bertz CT molecular complexity index is 112. The van der Waals surface area contributed by atoms with Crippen LogP contribution in [0, 0.1) is 0 Å². The van der Waals surface area contributed by atoms with Gasteiger partial charge in [-0.1, -0.05) is 13.8 Å². The van der Waals surface area contributed by atoms with Crippen molar-refractivity contribution < 1.29 is 10.2 Å². The van der Waals surface area contributed by atoms with Crippen LogP contribution >= 0.6 is 11.8 Å². The van der Waals surface area contributed by atoms with Crippen LogP contribution in [0.3, 0.4) is 0 Å². The second-order valence-corrected chi connectivity index (χ2v) is 5.81. The molecule has 2 N–H and O–H groups in total. The quantitative estimate of drug-likeness (QED) is 0.698. The van der Waals surface area contributed by atoms with Gasteiger partial charge in [-0.25, -0.2) is 0 Å². The van der Waals surface area contributed by atoms with Crippen molar-refractivity contribution in [2.24, 2.45) is 0 Å². The van der Waals surface area contributed by atoms with Crippen molar-refractivity contribution in [2.45, 2.75) is 63.2 Å². The molecule has 0 aliphatic carbocycles. The Morgan fingerprint density at radius 1 is 0.846 bits per heavy atom. The number of hydrogen-bond donors (Lipinski definition) is 2. The lowest BCUT2D eigenvalue weighted by Gasteiger charge is -2.19. The molecule has 4 atom stereocenters. The Labute approximate surface area is 85.7 Å². The Kier molecular flexibility index (Phi) is 6.82. The Morgan fingerprint density at radius 3 is 1.38 bits per heavy atom. The van der Waals surface area contributed by atoms with E-state index in [4.69, 9.17) is 10.2 Å². The fourth-order valence-corrected chi connectivity index (χ4v) is 3.04. The van der Waals surface area contributed by atoms with Gasteiger partial charge in [-0.15, -0.1) is 0 Å². The highest BCUT2D eigenvalue weighted by Gasteiger charge is 2.12. The van der Waals surface area contributed by atoms with Gasteiger partial charge < -0.3 is 10.2 Å². The maximum Gasteiger partial charge on any atom is 0.0522 e. The lowest BCUT2D eigenvalue weighted by atomic mass is 10.2. The molecular formula is C10H22O2S. The predicted molar refractivity (Wildman–Crippen MR) is 59.1 cm³/mol. The highest BCUT2D eigenvalue weighted by atomic mass is 32.2. The van der Waals surface area contributed by atoms with Crippen molar-refractivity contribution in [3.05, 3.63) is 0 Å². The molecule has 0 aromatic carbocycles. The topological polar surface area (TPSA) is 40.5 Å². The van der Waals surface area contributed by atoms with E-state index < -0.39 is 0 Å². The SMILES string of the molecule is CC(O)CC(C)SC(C)CC(C)O. The average Bonchev–Trinajstić information content (AvgIpc) is 1.80. The Balaban J connectivity index is 3.58. The van der Waals surface area contributed by atoms with Crippen LogP contribution in [-0.2, 0) is 0 Å². The van der Waals surface area contributed by atoms with Crippen LogP contribution in [0.25, 0.3) is 0 Å². The first-order chi connectivity index (χ1) is 5.91. The van der Waals surface area contributed by atoms with Gasteiger partial charge in [0.25, 0.3) is 0 Å². The highest BCUT2D eigenvalue weighted by Crippen LogP contribution is 2.24. The lowest BCUT2D eigenvalue weighted by molar-refractivity contribution is 0.183. The van der Waals surface area contributed by atoms with Crippen LogP contribution in [0.2, 0.25) is 0 Å². The molecule has 13 heavy (non-hydrogen) atoms. The van der Waals surface area contributed by atoms with Crippen LogP contribution in [-0.4, -0.2) is 32.9 Å². The van der Waals surface area contributed by atoms with Crippen molar-refractivity contribution in [2.75, 3.05) is 0 Å². The summed E-state index contributed by atoms with van der Waals surface area (Å²) in [4.78, 5) is 0. The largest absolute Gasteiger partial charge is 0.393 e. The van der Waals surface area contributed by atoms with E-state index in [0.29, 0.717) is 10.5 Å². The van der Waals surface area contributed by atoms with Gasteiger partial charge in [0, 0.05) is 10.5 Å². The standard InChI is InChI=1S/C10H22O2S/c1-7(11)5-9(3)13-10(4)6-8(2)12/h7-12H,5-6H2,1-4H3. The van der Waals surface area contributed by atoms with E-state index in [-0.39, 0.29) is 12.2 Å². The zero-order valence-electron chi connectivity index (χ0n) is 9.03. The summed E-state index contributed by atoms with van der Waals surface area (Å²) in [5, 5.41) is 19.2. The molecule has 0 radical (unpaired) electrons. The summed E-state index contributed by atoms with van der Waals surface area (Å²) in [6, 6.07) is 0. The van der Waals surface area contributed by atoms with Crippen LogP contribution in [0.4, 0.5) is 0 Å². The van der Waals surface area contributed by atoms with Gasteiger partial charge in [0.15, 0.2) is 0 Å². The van der Waals surface area contributed by atoms with Crippen molar-refractivity contribution in [1.82, 2.24) is 0 Å². The van der Waals surface area contributed by atoms with Crippen molar-refractivity contribution >= 4 is 11.8 Å². The minimum Gasteiger partial charge on any atom is -0.393 e. The minimum absolute atomic E-state index is 0.221. The van der Waals surface area contributed by atoms with E-state index >= 15 is 0 Å². The van der Waals surface area contributed by atoms with Crippen molar-refractivity contribution in [3.8, 4) is 0 Å². The normalized spacial score (nSPS) is 20.8. The first-order valence-corrected chi connectivity index (χ1v) is 5.87. The lowest BCUT2D eigenvalue weighted by Crippen LogP contribution is -2.15. The first kappa shape index (κ1) is 13.3. The zero-order chi connectivity index (χ0) is 10.4. The van der Waals surface area contributed by atoms with Crippen LogP contribution in [0.5, 0.6) is 0 Å². The highest BCUT2D eigenvalue weighted by molar-refractivity contribution is 8.00. The molecular weight excluding hydrogens is 184 g/mol. The summed E-state index contributed by atoms with van der Waals surface area (Å²) in [5.74, 6) is 0. The van der Waals surface area contributed by atoms with E-state index in [1.165, 1.54) is 0 Å². The molecule has 2 nitrogen and oxygen atoms in total. The fraction of sp³-hybridized carbons (Fsp3) is 1.00. The van der Waals surface area contributed by atoms with E-state index in [0.717, 1.165) is 12.8 Å². The van der Waals surface area contributed by atoms with Crippen LogP contribution in [0.1, 0.15) is 40.5 Å². The summed E-state index contributed by atoms with van der Waals surface area (Å²) in [6.45, 7) is 7.87. The zero-order valence-corrected chi connectivity index (χ0v) is 9.84. The smallest absolute Gasteiger partial charge is 0.0522 e. The molecule has 3 heteroatoms. The third kappa shape index (κ3) is 8.60. The average molecular weight is 206 g/mol. The van der Waals surface area contributed by atoms with E-state index in [1.807, 2.05) is 25.6 Å². The Hall–Kier alpha value is 0.270. The maximum atomic E-state index is 9.15. The van der Waals surface area contributed by atoms with Gasteiger partial charge in [0.1, 0.15) is 0 Å². The third-order valence-corrected chi connectivity index (χ3v) is 3.12. The number of hydrogen-bond acceptors (Lipinski definition) is 3. The molecule has 0 rings (SSSR count). The van der Waals surface area contributed by atoms with Crippen LogP contribution < -0.4 is 0 Å². The summed E-state index contributed by atoms with van der Waals surface area (Å²) in [7, 11) is 0. The van der Waals surface area contributed by atoms with E-state index in [1.54, 1.807) is 0 Å². The fourth-order valence-electron chi connectivity index (χ4n) is 1.47. The van der Waals surface area contributed by atoms with E-state index in [2.05, 4.69) is 13.8 Å². The van der Waals surface area contributed by atoms with Gasteiger partial charge in [-0.05, 0) is 26.7 Å². The van der Waals surface area contributed by atoms with Crippen molar-refractivity contribution in [1.29, 1.82) is 0 Å². The summed E-state index contributed by atoms with van der Waals surface area (Å²) >= 11 is 1.84. The molecule has 0 aliphatic heterocycles. The van der Waals surface area contributed by atoms with E-state index in [9.17, 15) is 0 Å². The minimum atomic E-state index is -0.221. The Morgan fingerprint density at radius 2 is 1.15 bits per heavy atom. The molecule has 0 saturated carbocycles. The van der Waals surface area contributed by atoms with Crippen molar-refractivity contribution in [3.63, 3.8) is 0 Å². The predicted octanol–water partition coefficient (Wildman–Crippen LogP) is 2.04. The summed E-state index contributed by atoms with van der Waals surface area (Å²) in [5.41, 5.74) is 0. The molecule has 0 aromatic heterocycles. The molecule has 0 aromatic rings. The van der Waals surface area contributed by atoms with Crippen LogP contribution in [0.15, 0.2) is 0 Å². The molecule has 0 heterocycles. The molecule has 80 valence electrons. The molecule has 0 fully saturated rings. The number of rotatable bonds is 6. The van der Waals surface area contributed by atoms with Gasteiger partial charge in [-0.3, -0.25) is 0 Å². The van der Waals surface area contributed by atoms with Gasteiger partial charge in [0.2, 0.25) is 0 Å². The summed E-state index contributed by atoms with van der Waals surface area (Å²) in [6.07, 6.45) is 1.21. The molecule has 0 bridgehead atoms. The second kappa shape index (κ2) is 6.68. The van der Waals surface area contributed by atoms with Gasteiger partial charge >= 0.3 is 0 Å². The molecule has 0 spiro atoms. The van der Waals surface area contributed by atoms with Gasteiger partial charge in [0.05, 0.1) is 12.2 Å². The monoisotopic (exact) mass is 206 g/mol. The molecule has 0 amide bonds. The third-order valence-electron chi connectivity index (χ3n) is 1.81. The number of aliphatic hydroxyl groups excluding tert-OH is 2. The first-order valence-electron chi connectivity index (χ1n) is 4.93. The molecule has 0 aliphatic rings.